The van der Waals surface area contributed by atoms with E-state index in [9.17, 15) is 4.79 Å². The van der Waals surface area contributed by atoms with Gasteiger partial charge in [-0.25, -0.2) is 4.98 Å². The Morgan fingerprint density at radius 1 is 1.03 bits per heavy atom. The third kappa shape index (κ3) is 4.34. The molecule has 8 heteroatoms. The summed E-state index contributed by atoms with van der Waals surface area (Å²) in [5, 5.41) is 0.990. The Morgan fingerprint density at radius 3 is 2.42 bits per heavy atom. The number of benzene rings is 2. The summed E-state index contributed by atoms with van der Waals surface area (Å²) in [5.41, 5.74) is 2.01. The predicted molar refractivity (Wildman–Crippen MR) is 125 cm³/mol. The van der Waals surface area contributed by atoms with Gasteiger partial charge in [0, 0.05) is 60.6 Å². The van der Waals surface area contributed by atoms with Crippen LogP contribution in [0.4, 0.5) is 5.69 Å². The van der Waals surface area contributed by atoms with Crippen molar-refractivity contribution in [1.82, 2.24) is 14.9 Å². The molecule has 1 aromatic heterocycles. The van der Waals surface area contributed by atoms with Gasteiger partial charge >= 0.3 is 0 Å². The average Bonchev–Trinajstić information content (AvgIpc) is 2.77. The van der Waals surface area contributed by atoms with Gasteiger partial charge in [-0.3, -0.25) is 9.69 Å². The highest BCUT2D eigenvalue weighted by Gasteiger charge is 2.20. The Labute approximate surface area is 186 Å². The van der Waals surface area contributed by atoms with E-state index in [-0.39, 0.29) is 5.56 Å². The first-order valence-electron chi connectivity index (χ1n) is 10.4. The van der Waals surface area contributed by atoms with Crippen molar-refractivity contribution < 1.29 is 9.47 Å². The fourth-order valence-corrected chi connectivity index (χ4v) is 4.25. The summed E-state index contributed by atoms with van der Waals surface area (Å²) in [5.74, 6) is 1.45. The number of methoxy groups -OCH3 is 2. The second-order valence-corrected chi connectivity index (χ2v) is 8.39. The van der Waals surface area contributed by atoms with E-state index in [2.05, 4.69) is 33.6 Å². The summed E-state index contributed by atoms with van der Waals surface area (Å²) < 4.78 is 10.7. The molecular formula is C23H27ClN4O3. The van der Waals surface area contributed by atoms with Crippen LogP contribution >= 0.6 is 11.6 Å². The summed E-state index contributed by atoms with van der Waals surface area (Å²) in [7, 11) is 3.08. The first kappa shape index (κ1) is 21.5. The number of nitrogens with one attached hydrogen (secondary N) is 1. The van der Waals surface area contributed by atoms with Crippen molar-refractivity contribution in [3.8, 4) is 22.9 Å². The second kappa shape index (κ2) is 8.77. The first-order chi connectivity index (χ1) is 14.9. The summed E-state index contributed by atoms with van der Waals surface area (Å²) in [6.45, 7) is 8.30. The molecule has 1 aliphatic rings. The predicted octanol–water partition coefficient (Wildman–Crippen LogP) is 3.79. The number of anilines is 1. The van der Waals surface area contributed by atoms with E-state index in [0.29, 0.717) is 39.3 Å². The molecular weight excluding hydrogens is 416 g/mol. The van der Waals surface area contributed by atoms with E-state index >= 15 is 0 Å². The van der Waals surface area contributed by atoms with Crippen LogP contribution in [-0.2, 0) is 0 Å². The van der Waals surface area contributed by atoms with Crippen molar-refractivity contribution in [2.24, 2.45) is 0 Å². The van der Waals surface area contributed by atoms with Crippen molar-refractivity contribution in [3.63, 3.8) is 0 Å². The maximum atomic E-state index is 12.9. The molecule has 0 saturated carbocycles. The number of hydrogen-bond acceptors (Lipinski definition) is 6. The van der Waals surface area contributed by atoms with Crippen LogP contribution in [0, 0.1) is 0 Å². The van der Waals surface area contributed by atoms with Crippen molar-refractivity contribution in [1.29, 1.82) is 0 Å². The fraction of sp³-hybridized carbons (Fsp3) is 0.391. The Hall–Kier alpha value is -2.77. The molecule has 0 atom stereocenters. The lowest BCUT2D eigenvalue weighted by Gasteiger charge is -2.38. The second-order valence-electron chi connectivity index (χ2n) is 7.95. The van der Waals surface area contributed by atoms with Gasteiger partial charge in [-0.15, -0.1) is 0 Å². The molecule has 164 valence electrons. The molecule has 3 aromatic rings. The van der Waals surface area contributed by atoms with Crippen LogP contribution < -0.4 is 19.9 Å². The lowest BCUT2D eigenvalue weighted by Crippen LogP contribution is -2.48. The Morgan fingerprint density at radius 2 is 1.77 bits per heavy atom. The van der Waals surface area contributed by atoms with Gasteiger partial charge in [0.05, 0.1) is 19.7 Å². The van der Waals surface area contributed by atoms with Crippen LogP contribution in [0.5, 0.6) is 11.5 Å². The summed E-state index contributed by atoms with van der Waals surface area (Å²) in [6, 6.07) is 9.75. The number of fused-ring (bicyclic) bond motifs is 1. The number of aromatic nitrogens is 2. The van der Waals surface area contributed by atoms with Crippen molar-refractivity contribution >= 4 is 28.2 Å². The van der Waals surface area contributed by atoms with Crippen LogP contribution in [0.3, 0.4) is 0 Å². The highest BCUT2D eigenvalue weighted by Crippen LogP contribution is 2.31. The van der Waals surface area contributed by atoms with Crippen molar-refractivity contribution in [2.45, 2.75) is 19.9 Å². The van der Waals surface area contributed by atoms with E-state index in [1.54, 1.807) is 19.2 Å². The van der Waals surface area contributed by atoms with E-state index < -0.39 is 0 Å². The largest absolute Gasteiger partial charge is 0.497 e. The van der Waals surface area contributed by atoms with Crippen molar-refractivity contribution in [2.75, 3.05) is 45.3 Å². The SMILES string of the molecule is COc1cc(OC)c2c(=O)[nH]c(-c3cc(Cl)cc(N4CCN(C(C)C)CC4)c3)nc2c1. The minimum Gasteiger partial charge on any atom is -0.497 e. The monoisotopic (exact) mass is 442 g/mol. The third-order valence-electron chi connectivity index (χ3n) is 5.77. The molecule has 0 unspecified atom stereocenters. The highest BCUT2D eigenvalue weighted by atomic mass is 35.5. The van der Waals surface area contributed by atoms with Gasteiger partial charge in [0.15, 0.2) is 0 Å². The summed E-state index contributed by atoms with van der Waals surface area (Å²) in [6.07, 6.45) is 0. The van der Waals surface area contributed by atoms with E-state index in [1.807, 2.05) is 18.2 Å². The molecule has 0 spiro atoms. The number of hydrogen-bond donors (Lipinski definition) is 1. The number of ether oxygens (including phenoxy) is 2. The van der Waals surface area contributed by atoms with Gasteiger partial charge in [-0.05, 0) is 32.0 Å². The molecule has 31 heavy (non-hydrogen) atoms. The summed E-state index contributed by atoms with van der Waals surface area (Å²) >= 11 is 6.45. The van der Waals surface area contributed by atoms with Gasteiger partial charge in [0.1, 0.15) is 22.7 Å². The zero-order chi connectivity index (χ0) is 22.1. The molecule has 1 fully saturated rings. The lowest BCUT2D eigenvalue weighted by molar-refractivity contribution is 0.209. The molecule has 1 aliphatic heterocycles. The molecule has 4 rings (SSSR count). The van der Waals surface area contributed by atoms with E-state index in [4.69, 9.17) is 21.1 Å². The molecule has 1 saturated heterocycles. The van der Waals surface area contributed by atoms with Crippen LogP contribution in [0.2, 0.25) is 5.02 Å². The van der Waals surface area contributed by atoms with Gasteiger partial charge in [-0.1, -0.05) is 11.6 Å². The zero-order valence-corrected chi connectivity index (χ0v) is 19.0. The Balaban J connectivity index is 1.74. The molecule has 0 amide bonds. The van der Waals surface area contributed by atoms with Crippen molar-refractivity contribution in [3.05, 3.63) is 45.7 Å². The van der Waals surface area contributed by atoms with Crippen LogP contribution in [0.25, 0.3) is 22.3 Å². The number of H-pyrrole nitrogens is 1. The number of aromatic amines is 1. The minimum absolute atomic E-state index is 0.272. The smallest absolute Gasteiger partial charge is 0.262 e. The molecule has 1 N–H and O–H groups in total. The van der Waals surface area contributed by atoms with Crippen LogP contribution in [-0.4, -0.2) is 61.3 Å². The minimum atomic E-state index is -0.272. The molecule has 7 nitrogen and oxygen atoms in total. The molecule has 2 aromatic carbocycles. The Bertz CT molecular complexity index is 1150. The Kier molecular flexibility index (Phi) is 6.07. The number of piperazine rings is 1. The van der Waals surface area contributed by atoms with Gasteiger partial charge < -0.3 is 19.4 Å². The van der Waals surface area contributed by atoms with Gasteiger partial charge in [0.25, 0.3) is 5.56 Å². The maximum absolute atomic E-state index is 12.9. The highest BCUT2D eigenvalue weighted by molar-refractivity contribution is 6.31. The van der Waals surface area contributed by atoms with E-state index in [1.165, 1.54) is 7.11 Å². The topological polar surface area (TPSA) is 70.7 Å². The molecule has 0 bridgehead atoms. The number of nitrogens with zero attached hydrogens (tertiary/aromatic N) is 3. The first-order valence-corrected chi connectivity index (χ1v) is 10.7. The molecule has 0 aliphatic carbocycles. The molecule has 0 radical (unpaired) electrons. The van der Waals surface area contributed by atoms with E-state index in [0.717, 1.165) is 37.4 Å². The quantitative estimate of drug-likeness (QED) is 0.648. The summed E-state index contributed by atoms with van der Waals surface area (Å²) in [4.78, 5) is 25.2. The zero-order valence-electron chi connectivity index (χ0n) is 18.2. The third-order valence-corrected chi connectivity index (χ3v) is 5.99. The lowest BCUT2D eigenvalue weighted by atomic mass is 10.1. The standard InChI is InChI=1S/C23H27ClN4O3/c1-14(2)27-5-7-28(8-6-27)17-10-15(9-16(24)11-17)22-25-19-12-18(30-3)13-20(31-4)21(19)23(29)26-22/h9-14H,5-8H2,1-4H3,(H,25,26,29). The average molecular weight is 443 g/mol. The van der Waals surface area contributed by atoms with Gasteiger partial charge in [-0.2, -0.15) is 0 Å². The number of halogens is 1. The van der Waals surface area contributed by atoms with Crippen LogP contribution in [0.1, 0.15) is 13.8 Å². The normalized spacial score (nSPS) is 15.0. The molecule has 2 heterocycles. The maximum Gasteiger partial charge on any atom is 0.262 e. The number of rotatable bonds is 5. The van der Waals surface area contributed by atoms with Crippen LogP contribution in [0.15, 0.2) is 35.1 Å². The fourth-order valence-electron chi connectivity index (χ4n) is 4.02. The van der Waals surface area contributed by atoms with Gasteiger partial charge in [0.2, 0.25) is 0 Å².